The van der Waals surface area contributed by atoms with Crippen LogP contribution in [0.1, 0.15) is 13.8 Å². The predicted octanol–water partition coefficient (Wildman–Crippen LogP) is 0.418. The zero-order valence-corrected chi connectivity index (χ0v) is 11.0. The Morgan fingerprint density at radius 3 is 2.65 bits per heavy atom. The van der Waals surface area contributed by atoms with Crippen molar-refractivity contribution in [1.82, 2.24) is 5.32 Å². The first-order valence-corrected chi connectivity index (χ1v) is 5.90. The Morgan fingerprint density at radius 1 is 1.40 bits per heavy atom. The SMILES string of the molecule is CC1(C)C(=O)NC(=O)CN1c1cccc(N)c1[N+](=O)[O-]. The lowest BCUT2D eigenvalue weighted by Crippen LogP contribution is -2.64. The van der Waals surface area contributed by atoms with E-state index in [-0.39, 0.29) is 23.6 Å². The third-order valence-corrected chi connectivity index (χ3v) is 3.30. The van der Waals surface area contributed by atoms with Crippen LogP contribution < -0.4 is 16.0 Å². The molecule has 1 heterocycles. The number of nitrogens with one attached hydrogen (secondary N) is 1. The number of carbonyl (C=O) groups is 2. The van der Waals surface area contributed by atoms with Crippen LogP contribution in [-0.4, -0.2) is 28.8 Å². The summed E-state index contributed by atoms with van der Waals surface area (Å²) in [5, 5.41) is 13.4. The number of rotatable bonds is 2. The number of nitro benzene ring substituents is 1. The van der Waals surface area contributed by atoms with Crippen molar-refractivity contribution in [2.24, 2.45) is 0 Å². The number of hydrogen-bond donors (Lipinski definition) is 2. The van der Waals surface area contributed by atoms with Crippen molar-refractivity contribution in [3.8, 4) is 0 Å². The molecule has 1 aromatic rings. The molecule has 1 aliphatic rings. The van der Waals surface area contributed by atoms with E-state index in [1.54, 1.807) is 19.9 Å². The molecule has 0 aromatic heterocycles. The minimum atomic E-state index is -1.09. The van der Waals surface area contributed by atoms with Gasteiger partial charge in [0.1, 0.15) is 16.9 Å². The van der Waals surface area contributed by atoms with Gasteiger partial charge in [0, 0.05) is 0 Å². The minimum absolute atomic E-state index is 0.0123. The van der Waals surface area contributed by atoms with Gasteiger partial charge in [-0.2, -0.15) is 0 Å². The van der Waals surface area contributed by atoms with Crippen molar-refractivity contribution < 1.29 is 14.5 Å². The summed E-state index contributed by atoms with van der Waals surface area (Å²) in [6.07, 6.45) is 0. The highest BCUT2D eigenvalue weighted by Gasteiger charge is 2.43. The van der Waals surface area contributed by atoms with Crippen molar-refractivity contribution in [3.05, 3.63) is 28.3 Å². The zero-order valence-electron chi connectivity index (χ0n) is 11.0. The van der Waals surface area contributed by atoms with Crippen LogP contribution >= 0.6 is 0 Å². The Hall–Kier alpha value is -2.64. The topological polar surface area (TPSA) is 119 Å². The van der Waals surface area contributed by atoms with E-state index in [4.69, 9.17) is 5.73 Å². The number of para-hydroxylation sites is 1. The molecular formula is C12H14N4O4. The first kappa shape index (κ1) is 13.8. The summed E-state index contributed by atoms with van der Waals surface area (Å²) in [5.74, 6) is -1.02. The fourth-order valence-electron chi connectivity index (χ4n) is 2.13. The van der Waals surface area contributed by atoms with Crippen LogP contribution in [0.2, 0.25) is 0 Å². The van der Waals surface area contributed by atoms with Gasteiger partial charge >= 0.3 is 5.69 Å². The van der Waals surface area contributed by atoms with Crippen molar-refractivity contribution in [1.29, 1.82) is 0 Å². The van der Waals surface area contributed by atoms with Gasteiger partial charge in [-0.1, -0.05) is 6.07 Å². The van der Waals surface area contributed by atoms with E-state index in [1.165, 1.54) is 17.0 Å². The van der Waals surface area contributed by atoms with Crippen molar-refractivity contribution in [2.75, 3.05) is 17.2 Å². The molecule has 1 aromatic carbocycles. The van der Waals surface area contributed by atoms with E-state index in [0.717, 1.165) is 0 Å². The Bertz CT molecular complexity index is 611. The number of nitro groups is 1. The van der Waals surface area contributed by atoms with E-state index in [0.29, 0.717) is 0 Å². The highest BCUT2D eigenvalue weighted by atomic mass is 16.6. The van der Waals surface area contributed by atoms with Crippen LogP contribution in [0, 0.1) is 10.1 Å². The van der Waals surface area contributed by atoms with E-state index >= 15 is 0 Å². The predicted molar refractivity (Wildman–Crippen MR) is 72.1 cm³/mol. The molecule has 2 rings (SSSR count). The van der Waals surface area contributed by atoms with Gasteiger partial charge < -0.3 is 10.6 Å². The van der Waals surface area contributed by atoms with Crippen LogP contribution in [-0.2, 0) is 9.59 Å². The summed E-state index contributed by atoms with van der Waals surface area (Å²) in [6, 6.07) is 4.42. The first-order chi connectivity index (χ1) is 9.25. The Balaban J connectivity index is 2.60. The molecule has 0 spiro atoms. The van der Waals surface area contributed by atoms with E-state index < -0.39 is 22.3 Å². The molecule has 1 aliphatic heterocycles. The number of anilines is 2. The molecule has 1 saturated heterocycles. The molecule has 0 unspecified atom stereocenters. The second-order valence-electron chi connectivity index (χ2n) is 4.99. The first-order valence-electron chi connectivity index (χ1n) is 5.90. The molecule has 2 amide bonds. The summed E-state index contributed by atoms with van der Waals surface area (Å²) in [7, 11) is 0. The second kappa shape index (κ2) is 4.48. The monoisotopic (exact) mass is 278 g/mol. The molecule has 0 atom stereocenters. The van der Waals surface area contributed by atoms with Crippen molar-refractivity contribution >= 4 is 28.9 Å². The molecular weight excluding hydrogens is 264 g/mol. The van der Waals surface area contributed by atoms with E-state index in [9.17, 15) is 19.7 Å². The summed E-state index contributed by atoms with van der Waals surface area (Å²) >= 11 is 0. The number of carbonyl (C=O) groups excluding carboxylic acids is 2. The van der Waals surface area contributed by atoms with Crippen LogP contribution in [0.4, 0.5) is 17.1 Å². The summed E-state index contributed by atoms with van der Waals surface area (Å²) in [6.45, 7) is 3.02. The average Bonchev–Trinajstić information content (AvgIpc) is 2.33. The summed E-state index contributed by atoms with van der Waals surface area (Å²) in [4.78, 5) is 35.4. The van der Waals surface area contributed by atoms with Crippen LogP contribution in [0.3, 0.4) is 0 Å². The smallest absolute Gasteiger partial charge is 0.315 e. The lowest BCUT2D eigenvalue weighted by Gasteiger charge is -2.41. The molecule has 8 heteroatoms. The third kappa shape index (κ3) is 2.04. The van der Waals surface area contributed by atoms with Crippen LogP contribution in [0.5, 0.6) is 0 Å². The van der Waals surface area contributed by atoms with Gasteiger partial charge in [0.25, 0.3) is 5.91 Å². The molecule has 20 heavy (non-hydrogen) atoms. The number of imide groups is 1. The average molecular weight is 278 g/mol. The maximum Gasteiger partial charge on any atom is 0.315 e. The Kier molecular flexibility index (Phi) is 3.09. The Morgan fingerprint density at radius 2 is 2.05 bits per heavy atom. The fourth-order valence-corrected chi connectivity index (χ4v) is 2.13. The third-order valence-electron chi connectivity index (χ3n) is 3.30. The number of nitrogen functional groups attached to an aromatic ring is 1. The lowest BCUT2D eigenvalue weighted by atomic mass is 9.97. The van der Waals surface area contributed by atoms with E-state index in [1.807, 2.05) is 0 Å². The number of benzene rings is 1. The summed E-state index contributed by atoms with van der Waals surface area (Å²) < 4.78 is 0. The van der Waals surface area contributed by atoms with Gasteiger partial charge in [-0.3, -0.25) is 25.0 Å². The lowest BCUT2D eigenvalue weighted by molar-refractivity contribution is -0.383. The van der Waals surface area contributed by atoms with Gasteiger partial charge in [0.15, 0.2) is 0 Å². The Labute approximate surface area is 114 Å². The maximum atomic E-state index is 11.9. The molecule has 106 valence electrons. The molecule has 3 N–H and O–H groups in total. The normalized spacial score (nSPS) is 17.8. The fraction of sp³-hybridized carbons (Fsp3) is 0.333. The highest BCUT2D eigenvalue weighted by Crippen LogP contribution is 2.37. The quantitative estimate of drug-likeness (QED) is 0.350. The zero-order chi connectivity index (χ0) is 15.1. The van der Waals surface area contributed by atoms with Crippen molar-refractivity contribution in [2.45, 2.75) is 19.4 Å². The van der Waals surface area contributed by atoms with Crippen molar-refractivity contribution in [3.63, 3.8) is 0 Å². The molecule has 0 radical (unpaired) electrons. The van der Waals surface area contributed by atoms with E-state index in [2.05, 4.69) is 5.32 Å². The van der Waals surface area contributed by atoms with Gasteiger partial charge in [0.05, 0.1) is 11.5 Å². The molecule has 0 bridgehead atoms. The van der Waals surface area contributed by atoms with Gasteiger partial charge in [0.2, 0.25) is 5.91 Å². The molecule has 8 nitrogen and oxygen atoms in total. The number of piperazine rings is 1. The number of nitrogens with two attached hydrogens (primary N) is 1. The molecule has 1 fully saturated rings. The number of amides is 2. The summed E-state index contributed by atoms with van der Waals surface area (Å²) in [5.41, 5.74) is 4.38. The van der Waals surface area contributed by atoms with Gasteiger partial charge in [-0.25, -0.2) is 0 Å². The standard InChI is InChI=1S/C12H14N4O4/c1-12(2)11(18)14-9(17)6-15(12)8-5-3-4-7(13)10(8)16(19)20/h3-5H,6,13H2,1-2H3,(H,14,17,18). The molecule has 0 saturated carbocycles. The molecule has 0 aliphatic carbocycles. The van der Waals surface area contributed by atoms with Crippen LogP contribution in [0.25, 0.3) is 0 Å². The second-order valence-corrected chi connectivity index (χ2v) is 4.99. The highest BCUT2D eigenvalue weighted by molar-refractivity contribution is 6.07. The van der Waals surface area contributed by atoms with Crippen LogP contribution in [0.15, 0.2) is 18.2 Å². The van der Waals surface area contributed by atoms with Gasteiger partial charge in [-0.15, -0.1) is 0 Å². The minimum Gasteiger partial charge on any atom is -0.393 e. The number of hydrogen-bond acceptors (Lipinski definition) is 6. The van der Waals surface area contributed by atoms with Gasteiger partial charge in [-0.05, 0) is 26.0 Å². The largest absolute Gasteiger partial charge is 0.393 e. The number of nitrogens with zero attached hydrogens (tertiary/aromatic N) is 2. The maximum absolute atomic E-state index is 11.9.